The molecule has 2 aromatic rings. The molecule has 1 N–H and O–H groups in total. The normalized spacial score (nSPS) is 12.0. The molecule has 146 valence electrons. The molecule has 2 rings (SSSR count). The van der Waals surface area contributed by atoms with Crippen molar-refractivity contribution in [3.8, 4) is 5.75 Å². The van der Waals surface area contributed by atoms with Crippen molar-refractivity contribution in [2.45, 2.75) is 32.7 Å². The molecule has 27 heavy (non-hydrogen) atoms. The number of benzene rings is 2. The monoisotopic (exact) mass is 390 g/mol. The molecule has 0 aliphatic heterocycles. The standard InChI is InChI=1S/C21H28ClN3O2/c1-4-5-6-13-27-16-25(2,3)15-17-14-20(11-12-21(17)26)24-23-19-9-7-18(22)8-10-19/h7-12,14H,4-6,13,15-16H2,1-3H3/p+1. The molecule has 0 saturated heterocycles. The zero-order chi connectivity index (χ0) is 19.7. The maximum absolute atomic E-state index is 10.2. The molecular formula is C21H29ClN3O2+. The fraction of sp³-hybridized carbons (Fsp3) is 0.429. The van der Waals surface area contributed by atoms with E-state index in [9.17, 15) is 5.11 Å². The SMILES string of the molecule is CCCCCOC[N+](C)(C)Cc1cc(N=Nc2ccc(Cl)cc2)ccc1O. The highest BCUT2D eigenvalue weighted by Gasteiger charge is 2.18. The Morgan fingerprint density at radius 2 is 1.67 bits per heavy atom. The van der Waals surface area contributed by atoms with Crippen molar-refractivity contribution in [1.29, 1.82) is 0 Å². The number of nitrogens with zero attached hydrogens (tertiary/aromatic N) is 3. The van der Waals surface area contributed by atoms with Crippen LogP contribution in [0.1, 0.15) is 31.7 Å². The van der Waals surface area contributed by atoms with Crippen LogP contribution in [0.15, 0.2) is 52.7 Å². The molecule has 6 heteroatoms. The Balaban J connectivity index is 2.00. The highest BCUT2D eigenvalue weighted by molar-refractivity contribution is 6.30. The van der Waals surface area contributed by atoms with Gasteiger partial charge in [-0.05, 0) is 48.9 Å². The Morgan fingerprint density at radius 3 is 2.37 bits per heavy atom. The van der Waals surface area contributed by atoms with E-state index in [0.29, 0.717) is 28.5 Å². The van der Waals surface area contributed by atoms with E-state index in [1.165, 1.54) is 12.8 Å². The second-order valence-electron chi connectivity index (χ2n) is 7.33. The second-order valence-corrected chi connectivity index (χ2v) is 7.76. The van der Waals surface area contributed by atoms with Gasteiger partial charge in [-0.25, -0.2) is 0 Å². The Bertz CT molecular complexity index is 746. The van der Waals surface area contributed by atoms with Gasteiger partial charge in [0.1, 0.15) is 12.3 Å². The van der Waals surface area contributed by atoms with Crippen molar-refractivity contribution in [3.05, 3.63) is 53.1 Å². The van der Waals surface area contributed by atoms with Gasteiger partial charge in [0.25, 0.3) is 0 Å². The Hall–Kier alpha value is -1.95. The lowest BCUT2D eigenvalue weighted by atomic mass is 10.1. The maximum atomic E-state index is 10.2. The average Bonchev–Trinajstić information content (AvgIpc) is 2.63. The number of phenols is 1. The highest BCUT2D eigenvalue weighted by atomic mass is 35.5. The fourth-order valence-corrected chi connectivity index (χ4v) is 2.78. The summed E-state index contributed by atoms with van der Waals surface area (Å²) in [5.41, 5.74) is 2.25. The number of unbranched alkanes of at least 4 members (excludes halogenated alkanes) is 2. The first kappa shape index (κ1) is 21.4. The van der Waals surface area contributed by atoms with Crippen molar-refractivity contribution in [2.75, 3.05) is 27.4 Å². The van der Waals surface area contributed by atoms with Gasteiger partial charge in [-0.15, -0.1) is 0 Å². The van der Waals surface area contributed by atoms with E-state index in [0.717, 1.165) is 24.3 Å². The van der Waals surface area contributed by atoms with Gasteiger partial charge in [0, 0.05) is 5.02 Å². The smallest absolute Gasteiger partial charge is 0.182 e. The third kappa shape index (κ3) is 7.67. The summed E-state index contributed by atoms with van der Waals surface area (Å²) in [5, 5.41) is 19.4. The van der Waals surface area contributed by atoms with Crippen LogP contribution in [-0.4, -0.2) is 37.0 Å². The minimum Gasteiger partial charge on any atom is -0.507 e. The number of hydrogen-bond donors (Lipinski definition) is 1. The summed E-state index contributed by atoms with van der Waals surface area (Å²) >= 11 is 5.88. The van der Waals surface area contributed by atoms with Crippen LogP contribution in [0.2, 0.25) is 5.02 Å². The molecule has 2 aromatic carbocycles. The number of quaternary nitrogens is 1. The molecule has 0 aromatic heterocycles. The molecule has 0 unspecified atom stereocenters. The minimum atomic E-state index is 0.262. The van der Waals surface area contributed by atoms with E-state index in [2.05, 4.69) is 31.2 Å². The Kier molecular flexibility index (Phi) is 8.23. The van der Waals surface area contributed by atoms with Crippen LogP contribution in [0.3, 0.4) is 0 Å². The van der Waals surface area contributed by atoms with Gasteiger partial charge in [0.15, 0.2) is 6.73 Å². The summed E-state index contributed by atoms with van der Waals surface area (Å²) in [5.74, 6) is 0.262. The maximum Gasteiger partial charge on any atom is 0.182 e. The molecule has 0 aliphatic rings. The van der Waals surface area contributed by atoms with Crippen LogP contribution >= 0.6 is 11.6 Å². The zero-order valence-electron chi connectivity index (χ0n) is 16.4. The molecule has 0 atom stereocenters. The number of aromatic hydroxyl groups is 1. The fourth-order valence-electron chi connectivity index (χ4n) is 2.66. The van der Waals surface area contributed by atoms with E-state index in [1.54, 1.807) is 24.3 Å². The van der Waals surface area contributed by atoms with Crippen LogP contribution in [0.25, 0.3) is 0 Å². The molecule has 5 nitrogen and oxygen atoms in total. The number of hydrogen-bond acceptors (Lipinski definition) is 4. The minimum absolute atomic E-state index is 0.262. The van der Waals surface area contributed by atoms with Crippen molar-refractivity contribution in [3.63, 3.8) is 0 Å². The number of ether oxygens (including phenoxy) is 1. The lowest BCUT2D eigenvalue weighted by Gasteiger charge is -2.29. The summed E-state index contributed by atoms with van der Waals surface area (Å²) in [6, 6.07) is 12.4. The second kappa shape index (κ2) is 10.4. The Morgan fingerprint density at radius 1 is 1.00 bits per heavy atom. The quantitative estimate of drug-likeness (QED) is 0.227. The molecule has 0 fully saturated rings. The van der Waals surface area contributed by atoms with E-state index in [1.807, 2.05) is 18.2 Å². The third-order valence-electron chi connectivity index (χ3n) is 4.10. The third-order valence-corrected chi connectivity index (χ3v) is 4.35. The van der Waals surface area contributed by atoms with Gasteiger partial charge in [-0.2, -0.15) is 10.2 Å². The molecule has 0 bridgehead atoms. The summed E-state index contributed by atoms with van der Waals surface area (Å²) in [7, 11) is 4.17. The van der Waals surface area contributed by atoms with Crippen LogP contribution in [0, 0.1) is 0 Å². The van der Waals surface area contributed by atoms with Gasteiger partial charge in [-0.1, -0.05) is 31.4 Å². The molecule has 0 amide bonds. The first-order valence-electron chi connectivity index (χ1n) is 9.28. The summed E-state index contributed by atoms with van der Waals surface area (Å²) in [6.07, 6.45) is 3.46. The van der Waals surface area contributed by atoms with E-state index >= 15 is 0 Å². The highest BCUT2D eigenvalue weighted by Crippen LogP contribution is 2.27. The number of halogens is 1. The van der Waals surface area contributed by atoms with Crippen LogP contribution in [0.5, 0.6) is 5.75 Å². The van der Waals surface area contributed by atoms with E-state index < -0.39 is 0 Å². The van der Waals surface area contributed by atoms with Gasteiger partial charge in [-0.3, -0.25) is 0 Å². The van der Waals surface area contributed by atoms with Crippen LogP contribution in [-0.2, 0) is 11.3 Å². The Labute approximate surface area is 166 Å². The van der Waals surface area contributed by atoms with Crippen LogP contribution in [0.4, 0.5) is 11.4 Å². The number of phenolic OH excluding ortho intramolecular Hbond substituents is 1. The largest absolute Gasteiger partial charge is 0.507 e. The van der Waals surface area contributed by atoms with Crippen molar-refractivity contribution in [1.82, 2.24) is 0 Å². The lowest BCUT2D eigenvalue weighted by molar-refractivity contribution is -0.922. The first-order chi connectivity index (χ1) is 12.9. The predicted octanol–water partition coefficient (Wildman–Crippen LogP) is 6.20. The summed E-state index contributed by atoms with van der Waals surface area (Å²) in [6.45, 7) is 4.19. The summed E-state index contributed by atoms with van der Waals surface area (Å²) < 4.78 is 6.42. The van der Waals surface area contributed by atoms with Crippen molar-refractivity contribution >= 4 is 23.0 Å². The van der Waals surface area contributed by atoms with Crippen molar-refractivity contribution < 1.29 is 14.3 Å². The van der Waals surface area contributed by atoms with Gasteiger partial charge in [0.05, 0.1) is 37.6 Å². The topological polar surface area (TPSA) is 54.2 Å². The van der Waals surface area contributed by atoms with Gasteiger partial charge in [0.2, 0.25) is 0 Å². The summed E-state index contributed by atoms with van der Waals surface area (Å²) in [4.78, 5) is 0. The molecule has 0 spiro atoms. The molecule has 0 aliphatic carbocycles. The number of azo groups is 1. The van der Waals surface area contributed by atoms with E-state index in [-0.39, 0.29) is 5.75 Å². The zero-order valence-corrected chi connectivity index (χ0v) is 17.1. The van der Waals surface area contributed by atoms with Gasteiger partial charge < -0.3 is 14.3 Å². The first-order valence-corrected chi connectivity index (χ1v) is 9.66. The molecule has 0 heterocycles. The number of rotatable bonds is 10. The predicted molar refractivity (Wildman–Crippen MR) is 110 cm³/mol. The molecular weight excluding hydrogens is 362 g/mol. The average molecular weight is 391 g/mol. The van der Waals surface area contributed by atoms with Crippen molar-refractivity contribution in [2.24, 2.45) is 10.2 Å². The molecule has 0 saturated carbocycles. The van der Waals surface area contributed by atoms with Gasteiger partial charge >= 0.3 is 0 Å². The van der Waals surface area contributed by atoms with E-state index in [4.69, 9.17) is 16.3 Å². The van der Waals surface area contributed by atoms with Crippen LogP contribution < -0.4 is 0 Å². The lowest BCUT2D eigenvalue weighted by Crippen LogP contribution is -2.40. The molecule has 0 radical (unpaired) electrons.